The summed E-state index contributed by atoms with van der Waals surface area (Å²) in [7, 11) is 0. The number of hydrogen-bond acceptors (Lipinski definition) is 4. The van der Waals surface area contributed by atoms with E-state index in [0.29, 0.717) is 35.5 Å². The normalized spacial score (nSPS) is 13.1. The Kier molecular flexibility index (Phi) is 5.86. The largest absolute Gasteiger partial charge is 0.486 e. The number of thioether (sulfide) groups is 1. The van der Waals surface area contributed by atoms with Crippen LogP contribution in [-0.2, 0) is 10.5 Å². The molecule has 0 fully saturated rings. The number of carbonyl (C=O) groups is 1. The Morgan fingerprint density at radius 2 is 2.20 bits per heavy atom. The smallest absolute Gasteiger partial charge is 0.230 e. The fraction of sp³-hybridized carbons (Fsp3) is 0.500. The summed E-state index contributed by atoms with van der Waals surface area (Å²) in [5.41, 5.74) is 1.03. The third-order valence-electron chi connectivity index (χ3n) is 2.73. The average Bonchev–Trinajstić information content (AvgIpc) is 2.45. The van der Waals surface area contributed by atoms with Crippen molar-refractivity contribution in [1.82, 2.24) is 5.32 Å². The molecule has 0 aliphatic carbocycles. The molecule has 0 atom stereocenters. The van der Waals surface area contributed by atoms with E-state index in [9.17, 15) is 4.79 Å². The van der Waals surface area contributed by atoms with E-state index in [2.05, 4.69) is 5.32 Å². The molecule has 0 spiro atoms. The van der Waals surface area contributed by atoms with Gasteiger partial charge in [-0.1, -0.05) is 18.5 Å². The zero-order valence-corrected chi connectivity index (χ0v) is 13.0. The number of fused-ring (bicyclic) bond motifs is 1. The van der Waals surface area contributed by atoms with Crippen LogP contribution in [0.1, 0.15) is 18.9 Å². The van der Waals surface area contributed by atoms with E-state index in [-0.39, 0.29) is 5.91 Å². The molecule has 0 aromatic heterocycles. The van der Waals surface area contributed by atoms with Crippen LogP contribution in [0.15, 0.2) is 12.1 Å². The number of nitrogens with one attached hydrogen (secondary N) is 1. The van der Waals surface area contributed by atoms with E-state index in [1.165, 1.54) is 0 Å². The number of rotatable bonds is 6. The molecule has 0 radical (unpaired) electrons. The molecule has 1 N–H and O–H groups in total. The molecule has 0 unspecified atom stereocenters. The number of hydrogen-bond donors (Lipinski definition) is 1. The number of benzene rings is 1. The van der Waals surface area contributed by atoms with Gasteiger partial charge in [0, 0.05) is 12.3 Å². The minimum atomic E-state index is 0.0699. The first kappa shape index (κ1) is 15.3. The zero-order valence-electron chi connectivity index (χ0n) is 11.4. The van der Waals surface area contributed by atoms with Gasteiger partial charge in [-0.2, -0.15) is 0 Å². The second-order valence-electron chi connectivity index (χ2n) is 4.44. The molecule has 6 heteroatoms. The minimum absolute atomic E-state index is 0.0699. The van der Waals surface area contributed by atoms with Crippen LogP contribution in [0.4, 0.5) is 0 Å². The number of halogens is 1. The number of amides is 1. The minimum Gasteiger partial charge on any atom is -0.486 e. The van der Waals surface area contributed by atoms with Gasteiger partial charge in [-0.25, -0.2) is 0 Å². The maximum absolute atomic E-state index is 11.5. The Balaban J connectivity index is 1.87. The first-order chi connectivity index (χ1) is 9.70. The Labute approximate surface area is 128 Å². The van der Waals surface area contributed by atoms with Crippen LogP contribution < -0.4 is 14.8 Å². The second kappa shape index (κ2) is 7.64. The molecule has 1 amide bonds. The van der Waals surface area contributed by atoms with Crippen LogP contribution in [0.2, 0.25) is 5.02 Å². The van der Waals surface area contributed by atoms with E-state index in [1.807, 2.05) is 19.1 Å². The number of ether oxygens (including phenoxy) is 2. The third kappa shape index (κ3) is 4.21. The van der Waals surface area contributed by atoms with Gasteiger partial charge in [0.25, 0.3) is 0 Å². The van der Waals surface area contributed by atoms with Crippen LogP contribution in [0, 0.1) is 0 Å². The lowest BCUT2D eigenvalue weighted by Crippen LogP contribution is -2.25. The summed E-state index contributed by atoms with van der Waals surface area (Å²) in [4.78, 5) is 11.5. The molecule has 20 heavy (non-hydrogen) atoms. The lowest BCUT2D eigenvalue weighted by Gasteiger charge is -2.20. The van der Waals surface area contributed by atoms with E-state index >= 15 is 0 Å². The van der Waals surface area contributed by atoms with Crippen molar-refractivity contribution in [2.75, 3.05) is 25.5 Å². The number of carbonyl (C=O) groups excluding carboxylic acids is 1. The van der Waals surface area contributed by atoms with Gasteiger partial charge < -0.3 is 14.8 Å². The molecular formula is C14H18ClNO3S. The lowest BCUT2D eigenvalue weighted by atomic mass is 10.2. The summed E-state index contributed by atoms with van der Waals surface area (Å²) >= 11 is 7.72. The Bertz CT molecular complexity index is 482. The molecule has 2 rings (SSSR count). The maximum Gasteiger partial charge on any atom is 0.230 e. The monoisotopic (exact) mass is 315 g/mol. The van der Waals surface area contributed by atoms with Gasteiger partial charge in [0.2, 0.25) is 5.91 Å². The van der Waals surface area contributed by atoms with Gasteiger partial charge in [-0.05, 0) is 24.1 Å². The highest BCUT2D eigenvalue weighted by molar-refractivity contribution is 7.99. The van der Waals surface area contributed by atoms with E-state index < -0.39 is 0 Å². The quantitative estimate of drug-likeness (QED) is 0.877. The highest BCUT2D eigenvalue weighted by Crippen LogP contribution is 2.39. The summed E-state index contributed by atoms with van der Waals surface area (Å²) in [6, 6.07) is 3.79. The van der Waals surface area contributed by atoms with Crippen molar-refractivity contribution in [3.63, 3.8) is 0 Å². The van der Waals surface area contributed by atoms with Crippen molar-refractivity contribution in [2.24, 2.45) is 0 Å². The first-order valence-corrected chi connectivity index (χ1v) is 8.16. The van der Waals surface area contributed by atoms with Crippen molar-refractivity contribution in [3.8, 4) is 11.5 Å². The second-order valence-corrected chi connectivity index (χ2v) is 5.84. The summed E-state index contributed by atoms with van der Waals surface area (Å²) in [5.74, 6) is 2.55. The molecule has 110 valence electrons. The molecule has 0 bridgehead atoms. The van der Waals surface area contributed by atoms with Gasteiger partial charge in [-0.15, -0.1) is 11.8 Å². The predicted octanol–water partition coefficient (Wildman–Crippen LogP) is 2.87. The fourth-order valence-corrected chi connectivity index (χ4v) is 2.90. The SMILES string of the molecule is CCCNC(=O)CSCc1cc(Cl)c2c(c1)OCCO2. The highest BCUT2D eigenvalue weighted by atomic mass is 35.5. The van der Waals surface area contributed by atoms with Crippen molar-refractivity contribution >= 4 is 29.3 Å². The summed E-state index contributed by atoms with van der Waals surface area (Å²) in [6.45, 7) is 3.83. The molecule has 4 nitrogen and oxygen atoms in total. The average molecular weight is 316 g/mol. The molecule has 1 aliphatic heterocycles. The van der Waals surface area contributed by atoms with E-state index in [0.717, 1.165) is 24.3 Å². The van der Waals surface area contributed by atoms with Gasteiger partial charge in [0.05, 0.1) is 10.8 Å². The molecule has 1 heterocycles. The van der Waals surface area contributed by atoms with Crippen LogP contribution in [0.25, 0.3) is 0 Å². The Hall–Kier alpha value is -1.07. The van der Waals surface area contributed by atoms with Gasteiger partial charge in [-0.3, -0.25) is 4.79 Å². The fourth-order valence-electron chi connectivity index (χ4n) is 1.82. The molecule has 0 saturated heterocycles. The van der Waals surface area contributed by atoms with Crippen molar-refractivity contribution in [3.05, 3.63) is 22.7 Å². The Morgan fingerprint density at radius 1 is 1.40 bits per heavy atom. The highest BCUT2D eigenvalue weighted by Gasteiger charge is 2.16. The molecule has 1 aliphatic rings. The van der Waals surface area contributed by atoms with Gasteiger partial charge in [0.1, 0.15) is 13.2 Å². The molecule has 1 aromatic rings. The van der Waals surface area contributed by atoms with E-state index in [4.69, 9.17) is 21.1 Å². The van der Waals surface area contributed by atoms with Crippen LogP contribution >= 0.6 is 23.4 Å². The molecule has 1 aromatic carbocycles. The standard InChI is InChI=1S/C14H18ClNO3S/c1-2-3-16-13(17)9-20-8-10-6-11(15)14-12(7-10)18-4-5-19-14/h6-7H,2-5,8-9H2,1H3,(H,16,17). The van der Waals surface area contributed by atoms with Crippen LogP contribution in [0.3, 0.4) is 0 Å². The predicted molar refractivity (Wildman–Crippen MR) is 81.9 cm³/mol. The van der Waals surface area contributed by atoms with Crippen LogP contribution in [-0.4, -0.2) is 31.4 Å². The summed E-state index contributed by atoms with van der Waals surface area (Å²) in [5, 5.41) is 3.41. The van der Waals surface area contributed by atoms with Crippen LogP contribution in [0.5, 0.6) is 11.5 Å². The summed E-state index contributed by atoms with van der Waals surface area (Å²) in [6.07, 6.45) is 0.953. The topological polar surface area (TPSA) is 47.6 Å². The summed E-state index contributed by atoms with van der Waals surface area (Å²) < 4.78 is 11.0. The van der Waals surface area contributed by atoms with Crippen molar-refractivity contribution < 1.29 is 14.3 Å². The molecular weight excluding hydrogens is 298 g/mol. The lowest BCUT2D eigenvalue weighted by molar-refractivity contribution is -0.118. The Morgan fingerprint density at radius 3 is 3.00 bits per heavy atom. The maximum atomic E-state index is 11.5. The van der Waals surface area contributed by atoms with Gasteiger partial charge in [0.15, 0.2) is 11.5 Å². The third-order valence-corrected chi connectivity index (χ3v) is 4.02. The molecule has 0 saturated carbocycles. The van der Waals surface area contributed by atoms with Crippen molar-refractivity contribution in [1.29, 1.82) is 0 Å². The van der Waals surface area contributed by atoms with E-state index in [1.54, 1.807) is 11.8 Å². The van der Waals surface area contributed by atoms with Crippen molar-refractivity contribution in [2.45, 2.75) is 19.1 Å². The zero-order chi connectivity index (χ0) is 14.4. The van der Waals surface area contributed by atoms with Gasteiger partial charge >= 0.3 is 0 Å². The first-order valence-electron chi connectivity index (χ1n) is 6.63.